The van der Waals surface area contributed by atoms with Crippen molar-refractivity contribution < 1.29 is 0 Å². The van der Waals surface area contributed by atoms with E-state index in [4.69, 9.17) is 8.75 Å². The number of thiophene rings is 8. The molecule has 0 fully saturated rings. The Hall–Kier alpha value is -4.14. The third-order valence-electron chi connectivity index (χ3n) is 21.7. The van der Waals surface area contributed by atoms with Gasteiger partial charge in [0.2, 0.25) is 0 Å². The van der Waals surface area contributed by atoms with E-state index < -0.39 is 0 Å². The summed E-state index contributed by atoms with van der Waals surface area (Å²) in [5.41, 5.74) is 13.8. The van der Waals surface area contributed by atoms with Crippen molar-refractivity contribution in [2.75, 3.05) is 0 Å². The standard InChI is InChI=1S/C88H112N2S9/c1-11-19-23-27-31-35-40-62-57-77(61-44-39-45-66(56-61)87(9,15-5)16-6)95-83(62)73-52-48-69(91-73)70-49-53-74(92-70)84-63(41-36-32-28-24-20-12-2)58-78(96-84)67-46-47-68(82-81(67)89-99-90-82)79-59-64(42-37-33-29-25-21-13-3)85(97-79)75-54-50-71(93-75)72-51-55-76(94-72)86-65(43-38-34-30-26-22-14-4)60-80(98-86)88(10,17-7)18-8/h39,44-60H,11-38,40-43H2,1-10H3. The Morgan fingerprint density at radius 2 is 0.606 bits per heavy atom. The fourth-order valence-electron chi connectivity index (χ4n) is 14.3. The summed E-state index contributed by atoms with van der Waals surface area (Å²) in [6.45, 7) is 23.7. The number of benzene rings is 2. The number of nitrogens with zero attached hydrogens (tertiary/aromatic N) is 2. The van der Waals surface area contributed by atoms with Crippen LogP contribution in [0.25, 0.3) is 101 Å². The van der Waals surface area contributed by atoms with Crippen LogP contribution in [0.15, 0.2) is 109 Å². The second-order valence-corrected chi connectivity index (χ2v) is 37.9. The first-order valence-corrected chi connectivity index (χ1v) is 46.0. The molecule has 0 unspecified atom stereocenters. The number of rotatable bonds is 43. The average Bonchev–Trinajstić information content (AvgIpc) is 1.63. The molecule has 528 valence electrons. The number of hydrogen-bond acceptors (Lipinski definition) is 11. The van der Waals surface area contributed by atoms with Crippen LogP contribution in [0, 0.1) is 0 Å². The van der Waals surface area contributed by atoms with Crippen LogP contribution in [0.2, 0.25) is 0 Å². The van der Waals surface area contributed by atoms with Crippen LogP contribution in [0.1, 0.15) is 282 Å². The van der Waals surface area contributed by atoms with Crippen LogP contribution in [-0.2, 0) is 36.5 Å². The maximum absolute atomic E-state index is 5.18. The smallest absolute Gasteiger partial charge is 0.114 e. The maximum Gasteiger partial charge on any atom is 0.114 e. The number of aromatic nitrogens is 2. The molecule has 0 amide bonds. The van der Waals surface area contributed by atoms with Crippen LogP contribution in [-0.4, -0.2) is 8.75 Å². The van der Waals surface area contributed by atoms with Crippen LogP contribution >= 0.6 is 102 Å². The summed E-state index contributed by atoms with van der Waals surface area (Å²) in [6.07, 6.45) is 40.6. The molecule has 2 nitrogen and oxygen atoms in total. The lowest BCUT2D eigenvalue weighted by Crippen LogP contribution is -2.19. The fourth-order valence-corrected chi connectivity index (χ4v) is 24.9. The highest BCUT2D eigenvalue weighted by Gasteiger charge is 2.29. The molecular weight excluding hydrogens is 1370 g/mol. The van der Waals surface area contributed by atoms with E-state index in [1.165, 1.54) is 297 Å². The molecule has 0 radical (unpaired) electrons. The molecule has 0 aliphatic carbocycles. The summed E-state index contributed by atoms with van der Waals surface area (Å²) in [4.78, 5) is 22.6. The summed E-state index contributed by atoms with van der Waals surface area (Å²) in [5, 5.41) is 0. The van der Waals surface area contributed by atoms with E-state index in [1.54, 1.807) is 10.4 Å². The Kier molecular flexibility index (Phi) is 28.8. The van der Waals surface area contributed by atoms with Crippen LogP contribution in [0.4, 0.5) is 0 Å². The van der Waals surface area contributed by atoms with Gasteiger partial charge in [-0.3, -0.25) is 0 Å². The third-order valence-corrected chi connectivity index (χ3v) is 32.9. The Morgan fingerprint density at radius 3 is 0.980 bits per heavy atom. The lowest BCUT2D eigenvalue weighted by molar-refractivity contribution is 0.439. The number of aryl methyl sites for hydroxylation is 4. The second kappa shape index (κ2) is 37.5. The molecule has 99 heavy (non-hydrogen) atoms. The predicted octanol–water partition coefficient (Wildman–Crippen LogP) is 33.0. The van der Waals surface area contributed by atoms with E-state index in [1.807, 2.05) is 79.4 Å². The van der Waals surface area contributed by atoms with Crippen molar-refractivity contribution in [3.63, 3.8) is 0 Å². The van der Waals surface area contributed by atoms with E-state index in [0.29, 0.717) is 0 Å². The van der Waals surface area contributed by atoms with Crippen molar-refractivity contribution >= 4 is 113 Å². The zero-order chi connectivity index (χ0) is 69.1. The molecule has 11 aromatic rings. The predicted molar refractivity (Wildman–Crippen MR) is 454 cm³/mol. The van der Waals surface area contributed by atoms with Gasteiger partial charge in [0.15, 0.2) is 0 Å². The van der Waals surface area contributed by atoms with Gasteiger partial charge in [-0.15, -0.1) is 90.7 Å². The van der Waals surface area contributed by atoms with Gasteiger partial charge in [-0.2, -0.15) is 8.75 Å². The largest absolute Gasteiger partial charge is 0.172 e. The third kappa shape index (κ3) is 18.9. The molecule has 0 bridgehead atoms. The Bertz CT molecular complexity index is 4230. The Morgan fingerprint density at radius 1 is 0.283 bits per heavy atom. The lowest BCUT2D eigenvalue weighted by atomic mass is 9.77. The normalized spacial score (nSPS) is 12.2. The first kappa shape index (κ1) is 76.0. The SMILES string of the molecule is CCCCCCCCc1cc(-c2cccc(C(C)(CC)CC)c2)sc1-c1ccc(-c2ccc(-c3sc(-c4ccc(-c5cc(CCCCCCCC)c(-c6ccc(-c7ccc(-c8sc(C(C)(CC)CC)cc8CCCCCCCC)s7)s6)s5)c5nsnc45)cc3CCCCCCCC)s2)s1. The van der Waals surface area contributed by atoms with Gasteiger partial charge in [-0.05, 0) is 195 Å². The molecule has 0 saturated carbocycles. The van der Waals surface area contributed by atoms with Gasteiger partial charge >= 0.3 is 0 Å². The molecule has 0 atom stereocenters. The van der Waals surface area contributed by atoms with Crippen molar-refractivity contribution in [1.29, 1.82) is 0 Å². The number of hydrogen-bond donors (Lipinski definition) is 0. The summed E-state index contributed by atoms with van der Waals surface area (Å²) < 4.78 is 10.4. The molecule has 0 spiro atoms. The van der Waals surface area contributed by atoms with E-state index in [9.17, 15) is 0 Å². The van der Waals surface area contributed by atoms with E-state index >= 15 is 0 Å². The van der Waals surface area contributed by atoms with E-state index in [2.05, 4.69) is 190 Å². The molecular formula is C88H112N2S9. The highest BCUT2D eigenvalue weighted by molar-refractivity contribution is 7.30. The van der Waals surface area contributed by atoms with Gasteiger partial charge in [0.1, 0.15) is 11.0 Å². The van der Waals surface area contributed by atoms with Gasteiger partial charge in [0.25, 0.3) is 0 Å². The van der Waals surface area contributed by atoms with Crippen molar-refractivity contribution in [2.24, 2.45) is 0 Å². The maximum atomic E-state index is 5.18. The van der Waals surface area contributed by atoms with Crippen LogP contribution < -0.4 is 0 Å². The van der Waals surface area contributed by atoms with Crippen LogP contribution in [0.5, 0.6) is 0 Å². The highest BCUT2D eigenvalue weighted by Crippen LogP contribution is 2.52. The Labute approximate surface area is 633 Å². The van der Waals surface area contributed by atoms with E-state index in [0.717, 1.165) is 43.1 Å². The quantitative estimate of drug-likeness (QED) is 0.0356. The summed E-state index contributed by atoms with van der Waals surface area (Å²) >= 11 is 17.4. The van der Waals surface area contributed by atoms with Gasteiger partial charge in [-0.1, -0.05) is 228 Å². The second-order valence-electron chi connectivity index (χ2n) is 28.8. The minimum atomic E-state index is 0.192. The number of fused-ring (bicyclic) bond motifs is 1. The van der Waals surface area contributed by atoms with Gasteiger partial charge in [-0.25, -0.2) is 0 Å². The molecule has 0 aliphatic rings. The molecule has 0 aliphatic heterocycles. The monoisotopic (exact) mass is 1480 g/mol. The van der Waals surface area contributed by atoms with Crippen molar-refractivity contribution in [3.05, 3.63) is 142 Å². The lowest BCUT2D eigenvalue weighted by Gasteiger charge is -2.27. The molecule has 0 N–H and O–H groups in total. The fraction of sp³-hybridized carbons (Fsp3) is 0.500. The highest BCUT2D eigenvalue weighted by atomic mass is 32.1. The van der Waals surface area contributed by atoms with Crippen molar-refractivity contribution in [1.82, 2.24) is 8.75 Å². The molecule has 11 heteroatoms. The average molecular weight is 1490 g/mol. The molecule has 0 saturated heterocycles. The van der Waals surface area contributed by atoms with Crippen molar-refractivity contribution in [2.45, 2.75) is 286 Å². The van der Waals surface area contributed by atoms with Gasteiger partial charge in [0.05, 0.1) is 11.7 Å². The summed E-state index contributed by atoms with van der Waals surface area (Å²) in [6, 6.07) is 43.9. The first-order valence-electron chi connectivity index (χ1n) is 38.7. The molecule has 9 aromatic heterocycles. The number of unbranched alkanes of at least 4 members (excludes halogenated alkanes) is 20. The van der Waals surface area contributed by atoms with Gasteiger partial charge in [0, 0.05) is 94.6 Å². The first-order chi connectivity index (χ1) is 48.4. The van der Waals surface area contributed by atoms with Crippen LogP contribution in [0.3, 0.4) is 0 Å². The zero-order valence-corrected chi connectivity index (χ0v) is 68.9. The molecule has 2 aromatic carbocycles. The zero-order valence-electron chi connectivity index (χ0n) is 61.6. The molecule has 9 heterocycles. The summed E-state index contributed by atoms with van der Waals surface area (Å²) in [7, 11) is 0. The Balaban J connectivity index is 0.877. The van der Waals surface area contributed by atoms with Crippen molar-refractivity contribution in [3.8, 4) is 89.8 Å². The summed E-state index contributed by atoms with van der Waals surface area (Å²) in [5.74, 6) is 0. The minimum Gasteiger partial charge on any atom is -0.172 e. The topological polar surface area (TPSA) is 25.8 Å². The van der Waals surface area contributed by atoms with E-state index in [-0.39, 0.29) is 10.8 Å². The minimum absolute atomic E-state index is 0.192. The van der Waals surface area contributed by atoms with Gasteiger partial charge < -0.3 is 0 Å². The molecule has 11 rings (SSSR count).